The molecule has 1 aromatic heterocycles. The standard InChI is InChI=1S/C22H22F3N5OS/c23-22(24,25)18-3-1-2-4-19(18)29-21(31)28-16-7-5-15(6-8-16)20-27-17(14-32-20)13-30-11-9-26-10-12-30/h1-8,14,26H,9-13H2,(H2,28,29,31). The summed E-state index contributed by atoms with van der Waals surface area (Å²) in [6.07, 6.45) is -4.55. The number of nitrogens with one attached hydrogen (secondary N) is 3. The molecule has 168 valence electrons. The number of alkyl halides is 3. The first-order chi connectivity index (χ1) is 15.4. The Hall–Kier alpha value is -2.95. The highest BCUT2D eigenvalue weighted by molar-refractivity contribution is 7.13. The Morgan fingerprint density at radius 2 is 1.78 bits per heavy atom. The number of hydrogen-bond donors (Lipinski definition) is 3. The van der Waals surface area contributed by atoms with Crippen molar-refractivity contribution in [1.29, 1.82) is 0 Å². The molecule has 0 saturated carbocycles. The minimum atomic E-state index is -4.55. The highest BCUT2D eigenvalue weighted by Gasteiger charge is 2.33. The van der Waals surface area contributed by atoms with Crippen LogP contribution in [0.1, 0.15) is 11.3 Å². The quantitative estimate of drug-likeness (QED) is 0.507. The maximum atomic E-state index is 13.1. The number of piperazine rings is 1. The molecule has 1 fully saturated rings. The summed E-state index contributed by atoms with van der Waals surface area (Å²) >= 11 is 1.56. The van der Waals surface area contributed by atoms with E-state index in [-0.39, 0.29) is 5.69 Å². The molecule has 6 nitrogen and oxygen atoms in total. The van der Waals surface area contributed by atoms with Gasteiger partial charge in [-0.15, -0.1) is 11.3 Å². The number of urea groups is 1. The lowest BCUT2D eigenvalue weighted by atomic mass is 10.1. The van der Waals surface area contributed by atoms with E-state index in [4.69, 9.17) is 4.98 Å². The van der Waals surface area contributed by atoms with Gasteiger partial charge >= 0.3 is 12.2 Å². The van der Waals surface area contributed by atoms with Gasteiger partial charge in [0.25, 0.3) is 0 Å². The zero-order valence-electron chi connectivity index (χ0n) is 17.1. The fourth-order valence-electron chi connectivity index (χ4n) is 3.43. The molecule has 1 saturated heterocycles. The van der Waals surface area contributed by atoms with Gasteiger partial charge in [0.15, 0.2) is 0 Å². The predicted octanol–water partition coefficient (Wildman–Crippen LogP) is 4.88. The van der Waals surface area contributed by atoms with Crippen LogP contribution in [0.3, 0.4) is 0 Å². The number of amides is 2. The van der Waals surface area contributed by atoms with Gasteiger partial charge < -0.3 is 16.0 Å². The molecule has 0 atom stereocenters. The van der Waals surface area contributed by atoms with Gasteiger partial charge in [-0.3, -0.25) is 4.90 Å². The van der Waals surface area contributed by atoms with Gasteiger partial charge in [0.05, 0.1) is 16.9 Å². The van der Waals surface area contributed by atoms with E-state index < -0.39 is 17.8 Å². The van der Waals surface area contributed by atoms with E-state index in [0.29, 0.717) is 5.69 Å². The molecule has 0 spiro atoms. The number of nitrogens with zero attached hydrogens (tertiary/aromatic N) is 2. The average molecular weight is 462 g/mol. The molecule has 1 aliphatic rings. The summed E-state index contributed by atoms with van der Waals surface area (Å²) in [7, 11) is 0. The lowest BCUT2D eigenvalue weighted by molar-refractivity contribution is -0.136. The fourth-order valence-corrected chi connectivity index (χ4v) is 4.25. The zero-order chi connectivity index (χ0) is 22.6. The molecule has 3 aromatic rings. The molecule has 32 heavy (non-hydrogen) atoms. The van der Waals surface area contributed by atoms with E-state index in [1.807, 2.05) is 12.1 Å². The normalized spacial score (nSPS) is 14.8. The largest absolute Gasteiger partial charge is 0.418 e. The zero-order valence-corrected chi connectivity index (χ0v) is 17.9. The Morgan fingerprint density at radius 1 is 1.06 bits per heavy atom. The van der Waals surface area contributed by atoms with Crippen LogP contribution >= 0.6 is 11.3 Å². The van der Waals surface area contributed by atoms with Crippen molar-refractivity contribution in [3.8, 4) is 10.6 Å². The molecule has 0 bridgehead atoms. The molecule has 2 heterocycles. The number of benzene rings is 2. The number of rotatable bonds is 5. The molecule has 0 unspecified atom stereocenters. The second-order valence-electron chi connectivity index (χ2n) is 7.37. The van der Waals surface area contributed by atoms with Crippen LogP contribution in [0.25, 0.3) is 10.6 Å². The second kappa shape index (κ2) is 9.68. The highest BCUT2D eigenvalue weighted by atomic mass is 32.1. The third kappa shape index (κ3) is 5.64. The molecule has 1 aliphatic heterocycles. The maximum absolute atomic E-state index is 13.1. The smallest absolute Gasteiger partial charge is 0.314 e. The Balaban J connectivity index is 1.37. The summed E-state index contributed by atoms with van der Waals surface area (Å²) in [4.78, 5) is 19.3. The summed E-state index contributed by atoms with van der Waals surface area (Å²) < 4.78 is 39.2. The van der Waals surface area contributed by atoms with Crippen LogP contribution in [0.4, 0.5) is 29.3 Å². The summed E-state index contributed by atoms with van der Waals surface area (Å²) in [5.41, 5.74) is 1.21. The number of thiazole rings is 1. The van der Waals surface area contributed by atoms with Crippen molar-refractivity contribution in [1.82, 2.24) is 15.2 Å². The predicted molar refractivity (Wildman–Crippen MR) is 120 cm³/mol. The Kier molecular flexibility index (Phi) is 6.73. The minimum absolute atomic E-state index is 0.297. The van der Waals surface area contributed by atoms with Crippen LogP contribution in [-0.2, 0) is 12.7 Å². The Labute approximate surface area is 187 Å². The molecule has 2 amide bonds. The van der Waals surface area contributed by atoms with Crippen molar-refractivity contribution in [2.24, 2.45) is 0 Å². The number of carbonyl (C=O) groups is 1. The van der Waals surface area contributed by atoms with Crippen molar-refractivity contribution < 1.29 is 18.0 Å². The number of carbonyl (C=O) groups excluding carboxylic acids is 1. The van der Waals surface area contributed by atoms with Crippen molar-refractivity contribution in [3.05, 3.63) is 65.2 Å². The van der Waals surface area contributed by atoms with E-state index >= 15 is 0 Å². The highest BCUT2D eigenvalue weighted by Crippen LogP contribution is 2.34. The lowest BCUT2D eigenvalue weighted by Gasteiger charge is -2.26. The lowest BCUT2D eigenvalue weighted by Crippen LogP contribution is -2.42. The molecule has 0 aliphatic carbocycles. The minimum Gasteiger partial charge on any atom is -0.314 e. The summed E-state index contributed by atoms with van der Waals surface area (Å²) in [5.74, 6) is 0. The number of para-hydroxylation sites is 1. The van der Waals surface area contributed by atoms with Gasteiger partial charge in [-0.1, -0.05) is 12.1 Å². The molecular formula is C22H22F3N5OS. The van der Waals surface area contributed by atoms with Crippen molar-refractivity contribution in [3.63, 3.8) is 0 Å². The van der Waals surface area contributed by atoms with Crippen molar-refractivity contribution in [2.45, 2.75) is 12.7 Å². The molecule has 10 heteroatoms. The third-order valence-corrected chi connectivity index (χ3v) is 5.96. The van der Waals surface area contributed by atoms with Crippen LogP contribution < -0.4 is 16.0 Å². The van der Waals surface area contributed by atoms with Crippen LogP contribution in [0.5, 0.6) is 0 Å². The Morgan fingerprint density at radius 3 is 2.50 bits per heavy atom. The first-order valence-corrected chi connectivity index (χ1v) is 11.0. The third-order valence-electron chi connectivity index (χ3n) is 5.02. The van der Waals surface area contributed by atoms with Gasteiger partial charge in [0.1, 0.15) is 5.01 Å². The average Bonchev–Trinajstić information content (AvgIpc) is 3.23. The van der Waals surface area contributed by atoms with Gasteiger partial charge in [0.2, 0.25) is 0 Å². The van der Waals surface area contributed by atoms with E-state index in [0.717, 1.165) is 55.1 Å². The molecule has 2 aromatic carbocycles. The summed E-state index contributed by atoms with van der Waals surface area (Å²) in [6.45, 7) is 4.80. The molecular weight excluding hydrogens is 439 g/mol. The number of hydrogen-bond acceptors (Lipinski definition) is 5. The van der Waals surface area contributed by atoms with E-state index in [9.17, 15) is 18.0 Å². The maximum Gasteiger partial charge on any atom is 0.418 e. The van der Waals surface area contributed by atoms with Crippen LogP contribution in [0, 0.1) is 0 Å². The number of aromatic nitrogens is 1. The summed E-state index contributed by atoms with van der Waals surface area (Å²) in [6, 6.07) is 11.1. The first-order valence-electron chi connectivity index (χ1n) is 10.1. The van der Waals surface area contributed by atoms with Gasteiger partial charge in [0, 0.05) is 49.4 Å². The molecule has 3 N–H and O–H groups in total. The monoisotopic (exact) mass is 461 g/mol. The van der Waals surface area contributed by atoms with E-state index in [1.165, 1.54) is 18.2 Å². The van der Waals surface area contributed by atoms with E-state index in [1.54, 1.807) is 23.5 Å². The Bertz CT molecular complexity index is 1060. The van der Waals surface area contributed by atoms with Gasteiger partial charge in [-0.05, 0) is 36.4 Å². The number of halogens is 3. The van der Waals surface area contributed by atoms with Crippen molar-refractivity contribution >= 4 is 28.7 Å². The van der Waals surface area contributed by atoms with E-state index in [2.05, 4.69) is 26.2 Å². The van der Waals surface area contributed by atoms with Crippen LogP contribution in [0.15, 0.2) is 53.9 Å². The van der Waals surface area contributed by atoms with Crippen LogP contribution in [0.2, 0.25) is 0 Å². The van der Waals surface area contributed by atoms with Crippen molar-refractivity contribution in [2.75, 3.05) is 36.8 Å². The molecule has 0 radical (unpaired) electrons. The van der Waals surface area contributed by atoms with Gasteiger partial charge in [-0.25, -0.2) is 9.78 Å². The molecule has 4 rings (SSSR count). The topological polar surface area (TPSA) is 69.3 Å². The fraction of sp³-hybridized carbons (Fsp3) is 0.273. The van der Waals surface area contributed by atoms with Gasteiger partial charge in [-0.2, -0.15) is 13.2 Å². The SMILES string of the molecule is O=C(Nc1ccc(-c2nc(CN3CCNCC3)cs2)cc1)Nc1ccccc1C(F)(F)F. The van der Waals surface area contributed by atoms with Crippen LogP contribution in [-0.4, -0.2) is 42.1 Å². The second-order valence-corrected chi connectivity index (χ2v) is 8.23. The first kappa shape index (κ1) is 22.3. The summed E-state index contributed by atoms with van der Waals surface area (Å²) in [5, 5.41) is 11.1. The number of anilines is 2.